The van der Waals surface area contributed by atoms with Gasteiger partial charge in [0.2, 0.25) is 0 Å². The molecule has 23 heavy (non-hydrogen) atoms. The highest BCUT2D eigenvalue weighted by molar-refractivity contribution is 7.90. The summed E-state index contributed by atoms with van der Waals surface area (Å²) in [5.41, 5.74) is 1.97. The summed E-state index contributed by atoms with van der Waals surface area (Å²) < 4.78 is 42.5. The molecule has 0 aliphatic heterocycles. The zero-order valence-electron chi connectivity index (χ0n) is 13.1. The Bertz CT molecular complexity index is 973. The average molecular weight is 334 g/mol. The molecule has 0 amide bonds. The summed E-state index contributed by atoms with van der Waals surface area (Å²) in [5.74, 6) is 0.307. The predicted molar refractivity (Wildman–Crippen MR) is 90.1 cm³/mol. The lowest BCUT2D eigenvalue weighted by Gasteiger charge is -2.25. The number of fused-ring (bicyclic) bond motifs is 1. The summed E-state index contributed by atoms with van der Waals surface area (Å²) >= 11 is 0. The number of nitrogens with zero attached hydrogens (tertiary/aromatic N) is 1. The van der Waals surface area contributed by atoms with Crippen LogP contribution in [0.2, 0.25) is 0 Å². The Labute approximate surface area is 134 Å². The molecule has 2 aromatic carbocycles. The molecule has 0 unspecified atom stereocenters. The summed E-state index contributed by atoms with van der Waals surface area (Å²) in [4.78, 5) is 0. The van der Waals surface area contributed by atoms with Gasteiger partial charge in [0.05, 0.1) is 20.4 Å². The molecule has 1 heterocycles. The van der Waals surface area contributed by atoms with Gasteiger partial charge in [-0.3, -0.25) is 0 Å². The van der Waals surface area contributed by atoms with Crippen LogP contribution in [0, 0.1) is 5.82 Å². The van der Waals surface area contributed by atoms with Gasteiger partial charge in [-0.25, -0.2) is 4.39 Å². The van der Waals surface area contributed by atoms with Crippen LogP contribution in [-0.4, -0.2) is 28.8 Å². The van der Waals surface area contributed by atoms with E-state index in [4.69, 9.17) is 4.42 Å². The van der Waals surface area contributed by atoms with Crippen LogP contribution >= 0.6 is 0 Å². The summed E-state index contributed by atoms with van der Waals surface area (Å²) in [7, 11) is -0.0972. The van der Waals surface area contributed by atoms with Crippen molar-refractivity contribution in [3.8, 4) is 11.3 Å². The minimum Gasteiger partial charge on any atom is -0.456 e. The Hall–Kier alpha value is -2.18. The first-order chi connectivity index (χ1) is 10.7. The topological polar surface area (TPSA) is 47.3 Å². The van der Waals surface area contributed by atoms with E-state index >= 15 is 0 Å². The highest BCUT2D eigenvalue weighted by atomic mass is 32.2. The first kappa shape index (κ1) is 15.7. The van der Waals surface area contributed by atoms with Gasteiger partial charge in [-0.15, -0.1) is 0 Å². The van der Waals surface area contributed by atoms with Crippen molar-refractivity contribution in [1.82, 2.24) is 3.89 Å². The van der Waals surface area contributed by atoms with Gasteiger partial charge in [0, 0.05) is 23.1 Å². The number of halogens is 1. The molecule has 4 nitrogen and oxygen atoms in total. The smallest absolute Gasteiger partial charge is 0.298 e. The van der Waals surface area contributed by atoms with Crippen molar-refractivity contribution in [2.75, 3.05) is 20.4 Å². The molecule has 120 valence electrons. The fourth-order valence-corrected chi connectivity index (χ4v) is 2.80. The van der Waals surface area contributed by atoms with E-state index in [1.165, 1.54) is 18.4 Å². The van der Waals surface area contributed by atoms with Crippen LogP contribution in [0.3, 0.4) is 0 Å². The molecule has 0 N–H and O–H groups in total. The van der Waals surface area contributed by atoms with Crippen LogP contribution in [0.1, 0.15) is 0 Å². The normalized spacial score (nSPS) is 12.7. The van der Waals surface area contributed by atoms with Crippen molar-refractivity contribution in [2.45, 2.75) is 0 Å². The lowest BCUT2D eigenvalue weighted by atomic mass is 10.1. The van der Waals surface area contributed by atoms with E-state index in [2.05, 4.69) is 0 Å². The van der Waals surface area contributed by atoms with Gasteiger partial charge >= 0.3 is 0 Å². The second-order valence-electron chi connectivity index (χ2n) is 5.92. The van der Waals surface area contributed by atoms with Crippen molar-refractivity contribution in [3.05, 3.63) is 54.3 Å². The van der Waals surface area contributed by atoms with Crippen molar-refractivity contribution >= 4 is 26.7 Å². The SMILES string of the molecule is C[N+](C)(c1ccc2cc(-c3ccc(F)cc3)oc2c1)S(C)(=O)=O. The molecule has 0 aliphatic rings. The summed E-state index contributed by atoms with van der Waals surface area (Å²) in [6.45, 7) is 0. The molecule has 3 rings (SSSR count). The van der Waals surface area contributed by atoms with Crippen LogP contribution in [0.5, 0.6) is 0 Å². The second kappa shape index (κ2) is 5.18. The third kappa shape index (κ3) is 2.75. The fraction of sp³-hybridized carbons (Fsp3) is 0.176. The summed E-state index contributed by atoms with van der Waals surface area (Å²) in [5, 5.41) is 0.863. The second-order valence-corrected chi connectivity index (χ2v) is 8.30. The maximum Gasteiger partial charge on any atom is 0.298 e. The summed E-state index contributed by atoms with van der Waals surface area (Å²) in [6.07, 6.45) is 1.20. The molecule has 0 radical (unpaired) electrons. The molecule has 3 aromatic rings. The lowest BCUT2D eigenvalue weighted by Crippen LogP contribution is -2.45. The Morgan fingerprint density at radius 3 is 2.26 bits per heavy atom. The molecular formula is C17H17FNO3S+. The quantitative estimate of drug-likeness (QED) is 0.685. The lowest BCUT2D eigenvalue weighted by molar-refractivity contribution is 0.518. The first-order valence-corrected chi connectivity index (χ1v) is 8.87. The van der Waals surface area contributed by atoms with E-state index in [0.29, 0.717) is 17.0 Å². The van der Waals surface area contributed by atoms with Crippen molar-refractivity contribution < 1.29 is 17.2 Å². The molecule has 0 saturated carbocycles. The monoisotopic (exact) mass is 334 g/mol. The number of hydrogen-bond acceptors (Lipinski definition) is 3. The van der Waals surface area contributed by atoms with E-state index in [1.807, 2.05) is 12.1 Å². The van der Waals surface area contributed by atoms with E-state index in [0.717, 1.165) is 10.9 Å². The van der Waals surface area contributed by atoms with Gasteiger partial charge in [0.1, 0.15) is 17.2 Å². The van der Waals surface area contributed by atoms with Crippen LogP contribution < -0.4 is 3.89 Å². The third-order valence-electron chi connectivity index (χ3n) is 4.08. The van der Waals surface area contributed by atoms with Gasteiger partial charge in [-0.1, -0.05) is 0 Å². The van der Waals surface area contributed by atoms with E-state index in [9.17, 15) is 12.8 Å². The molecule has 1 aromatic heterocycles. The third-order valence-corrected chi connectivity index (χ3v) is 5.95. The number of rotatable bonds is 3. The Morgan fingerprint density at radius 2 is 1.65 bits per heavy atom. The maximum absolute atomic E-state index is 13.0. The molecule has 0 spiro atoms. The Balaban J connectivity index is 2.10. The van der Waals surface area contributed by atoms with Crippen molar-refractivity contribution in [1.29, 1.82) is 0 Å². The van der Waals surface area contributed by atoms with Crippen LogP contribution in [0.15, 0.2) is 52.9 Å². The minimum absolute atomic E-state index is 0.268. The number of furan rings is 1. The number of sulfonamides is 1. The molecule has 0 aliphatic carbocycles. The Morgan fingerprint density at radius 1 is 1.00 bits per heavy atom. The van der Waals surface area contributed by atoms with Gasteiger partial charge in [-0.05, 0) is 36.4 Å². The van der Waals surface area contributed by atoms with Gasteiger partial charge < -0.3 is 4.42 Å². The molecule has 0 fully saturated rings. The van der Waals surface area contributed by atoms with Gasteiger partial charge in [0.25, 0.3) is 10.0 Å². The standard InChI is InChI=1S/C17H17FNO3S/c1-19(2,23(3,20)21)15-9-6-13-10-16(22-17(13)11-15)12-4-7-14(18)8-5-12/h4-11H,1-3H3/q+1. The minimum atomic E-state index is -3.32. The van der Waals surface area contributed by atoms with E-state index < -0.39 is 10.0 Å². The number of quaternary nitrogens is 1. The van der Waals surface area contributed by atoms with E-state index in [-0.39, 0.29) is 9.71 Å². The van der Waals surface area contributed by atoms with Crippen LogP contribution in [0.25, 0.3) is 22.3 Å². The number of benzene rings is 2. The van der Waals surface area contributed by atoms with Crippen LogP contribution in [-0.2, 0) is 10.0 Å². The Kier molecular flexibility index (Phi) is 3.54. The highest BCUT2D eigenvalue weighted by Crippen LogP contribution is 2.32. The van der Waals surface area contributed by atoms with Crippen LogP contribution in [0.4, 0.5) is 10.1 Å². The van der Waals surface area contributed by atoms with E-state index in [1.54, 1.807) is 38.4 Å². The molecular weight excluding hydrogens is 317 g/mol. The average Bonchev–Trinajstić information content (AvgIpc) is 2.89. The molecule has 6 heteroatoms. The first-order valence-electron chi connectivity index (χ1n) is 7.03. The van der Waals surface area contributed by atoms with Crippen molar-refractivity contribution in [2.24, 2.45) is 0 Å². The largest absolute Gasteiger partial charge is 0.456 e. The zero-order chi connectivity index (χ0) is 16.8. The molecule has 0 saturated heterocycles. The molecule has 0 bridgehead atoms. The number of hydrogen-bond donors (Lipinski definition) is 0. The zero-order valence-corrected chi connectivity index (χ0v) is 13.9. The van der Waals surface area contributed by atoms with Crippen molar-refractivity contribution in [3.63, 3.8) is 0 Å². The van der Waals surface area contributed by atoms with Gasteiger partial charge in [-0.2, -0.15) is 12.3 Å². The maximum atomic E-state index is 13.0. The fourth-order valence-electron chi connectivity index (χ4n) is 2.30. The summed E-state index contributed by atoms with van der Waals surface area (Å²) in [6, 6.07) is 13.2. The highest BCUT2D eigenvalue weighted by Gasteiger charge is 2.31. The van der Waals surface area contributed by atoms with Gasteiger partial charge in [0.15, 0.2) is 5.69 Å². The molecule has 0 atom stereocenters. The predicted octanol–water partition coefficient (Wildman–Crippen LogP) is 3.77.